The monoisotopic (exact) mass is 373 g/mol. The molecule has 0 radical (unpaired) electrons. The molecule has 5 heteroatoms. The molecule has 3 rings (SSSR count). The summed E-state index contributed by atoms with van der Waals surface area (Å²) in [4.78, 5) is 14.4. The molecule has 1 aromatic heterocycles. The zero-order chi connectivity index (χ0) is 18.9. The van der Waals surface area contributed by atoms with Crippen LogP contribution in [0.4, 0.5) is 11.8 Å². The quantitative estimate of drug-likeness (QED) is 0.687. The van der Waals surface area contributed by atoms with Crippen molar-refractivity contribution in [1.29, 1.82) is 0 Å². The average Bonchev–Trinajstić information content (AvgIpc) is 2.95. The Morgan fingerprint density at radius 3 is 2.70 bits per heavy atom. The number of aromatic nitrogens is 2. The molecule has 0 amide bonds. The van der Waals surface area contributed by atoms with E-state index in [4.69, 9.17) is 4.98 Å². The van der Waals surface area contributed by atoms with Gasteiger partial charge in [-0.25, -0.2) is 4.98 Å². The molecule has 2 fully saturated rings. The Morgan fingerprint density at radius 2 is 1.96 bits per heavy atom. The molecule has 1 N–H and O–H groups in total. The molecule has 0 spiro atoms. The molecule has 2 atom stereocenters. The highest BCUT2D eigenvalue weighted by Gasteiger charge is 2.25. The number of hydrogen-bond acceptors (Lipinski definition) is 5. The highest BCUT2D eigenvalue weighted by Crippen LogP contribution is 2.21. The lowest BCUT2D eigenvalue weighted by atomic mass is 9.99. The van der Waals surface area contributed by atoms with E-state index in [-0.39, 0.29) is 0 Å². The minimum absolute atomic E-state index is 0.480. The third-order valence-corrected chi connectivity index (χ3v) is 6.24. The van der Waals surface area contributed by atoms with Gasteiger partial charge in [0.15, 0.2) is 0 Å². The molecule has 27 heavy (non-hydrogen) atoms. The Morgan fingerprint density at radius 1 is 1.15 bits per heavy atom. The zero-order valence-electron chi connectivity index (χ0n) is 17.5. The lowest BCUT2D eigenvalue weighted by Crippen LogP contribution is -2.31. The van der Waals surface area contributed by atoms with E-state index in [9.17, 15) is 0 Å². The lowest BCUT2D eigenvalue weighted by molar-refractivity contribution is 0.259. The first kappa shape index (κ1) is 20.4. The van der Waals surface area contributed by atoms with Gasteiger partial charge < -0.3 is 15.1 Å². The normalized spacial score (nSPS) is 22.6. The van der Waals surface area contributed by atoms with Crippen molar-refractivity contribution in [2.45, 2.75) is 77.7 Å². The third kappa shape index (κ3) is 6.34. The summed E-state index contributed by atoms with van der Waals surface area (Å²) < 4.78 is 0. The summed E-state index contributed by atoms with van der Waals surface area (Å²) >= 11 is 0. The maximum atomic E-state index is 4.83. The highest BCUT2D eigenvalue weighted by atomic mass is 15.3. The van der Waals surface area contributed by atoms with Gasteiger partial charge in [0.2, 0.25) is 5.95 Å². The minimum atomic E-state index is 0.480. The SMILES string of the molecule is CCCCC(CC)CN1CCC(Nc2nccc(N3CCCCCC3)n2)C1. The molecular weight excluding hydrogens is 334 g/mol. The van der Waals surface area contributed by atoms with Gasteiger partial charge in [0.25, 0.3) is 0 Å². The van der Waals surface area contributed by atoms with Crippen molar-refractivity contribution < 1.29 is 0 Å². The Balaban J connectivity index is 1.50. The van der Waals surface area contributed by atoms with Gasteiger partial charge in [-0.05, 0) is 37.7 Å². The summed E-state index contributed by atoms with van der Waals surface area (Å²) in [5, 5.41) is 3.61. The predicted molar refractivity (Wildman–Crippen MR) is 114 cm³/mol. The van der Waals surface area contributed by atoms with Crippen LogP contribution in [0, 0.1) is 5.92 Å². The molecule has 0 saturated carbocycles. The van der Waals surface area contributed by atoms with Crippen LogP contribution in [0.2, 0.25) is 0 Å². The number of likely N-dealkylation sites (tertiary alicyclic amines) is 1. The van der Waals surface area contributed by atoms with Gasteiger partial charge in [-0.3, -0.25) is 0 Å². The molecule has 2 aliphatic rings. The fourth-order valence-electron chi connectivity index (χ4n) is 4.48. The van der Waals surface area contributed by atoms with Gasteiger partial charge in [0.1, 0.15) is 5.82 Å². The van der Waals surface area contributed by atoms with Crippen molar-refractivity contribution in [1.82, 2.24) is 14.9 Å². The Labute approximate surface area is 165 Å². The van der Waals surface area contributed by atoms with Crippen LogP contribution in [-0.4, -0.2) is 53.6 Å². The van der Waals surface area contributed by atoms with Gasteiger partial charge in [-0.1, -0.05) is 46.0 Å². The molecule has 0 aromatic carbocycles. The van der Waals surface area contributed by atoms with E-state index < -0.39 is 0 Å². The maximum Gasteiger partial charge on any atom is 0.224 e. The summed E-state index contributed by atoms with van der Waals surface area (Å²) in [5.74, 6) is 2.75. The second-order valence-corrected chi connectivity index (χ2v) is 8.45. The maximum absolute atomic E-state index is 4.83. The van der Waals surface area contributed by atoms with Crippen LogP contribution in [0.5, 0.6) is 0 Å². The Kier molecular flexibility index (Phi) is 8.18. The molecule has 2 unspecified atom stereocenters. The van der Waals surface area contributed by atoms with Gasteiger partial charge >= 0.3 is 0 Å². The number of hydrogen-bond donors (Lipinski definition) is 1. The Hall–Kier alpha value is -1.36. The molecule has 3 heterocycles. The second kappa shape index (κ2) is 10.8. The Bertz CT molecular complexity index is 541. The summed E-state index contributed by atoms with van der Waals surface area (Å²) in [6, 6.07) is 2.55. The van der Waals surface area contributed by atoms with E-state index >= 15 is 0 Å². The topological polar surface area (TPSA) is 44.3 Å². The van der Waals surface area contributed by atoms with Crippen molar-refractivity contribution in [3.63, 3.8) is 0 Å². The van der Waals surface area contributed by atoms with Gasteiger partial charge in [0.05, 0.1) is 0 Å². The zero-order valence-corrected chi connectivity index (χ0v) is 17.5. The van der Waals surface area contributed by atoms with Crippen LogP contribution in [0.3, 0.4) is 0 Å². The molecule has 2 saturated heterocycles. The van der Waals surface area contributed by atoms with Crippen molar-refractivity contribution in [2.24, 2.45) is 5.92 Å². The van der Waals surface area contributed by atoms with Crippen molar-refractivity contribution in [3.8, 4) is 0 Å². The van der Waals surface area contributed by atoms with Gasteiger partial charge in [-0.15, -0.1) is 0 Å². The van der Waals surface area contributed by atoms with Gasteiger partial charge in [0, 0.05) is 45.0 Å². The van der Waals surface area contributed by atoms with Crippen molar-refractivity contribution in [2.75, 3.05) is 42.9 Å². The van der Waals surface area contributed by atoms with Crippen molar-refractivity contribution >= 4 is 11.8 Å². The van der Waals surface area contributed by atoms with E-state index in [0.717, 1.165) is 37.3 Å². The number of unbranched alkanes of at least 4 members (excludes halogenated alkanes) is 1. The lowest BCUT2D eigenvalue weighted by Gasteiger charge is -2.23. The number of nitrogens with zero attached hydrogens (tertiary/aromatic N) is 4. The van der Waals surface area contributed by atoms with Crippen LogP contribution >= 0.6 is 0 Å². The number of nitrogens with one attached hydrogen (secondary N) is 1. The van der Waals surface area contributed by atoms with E-state index in [1.165, 1.54) is 70.9 Å². The molecule has 5 nitrogen and oxygen atoms in total. The van der Waals surface area contributed by atoms with Crippen LogP contribution < -0.4 is 10.2 Å². The minimum Gasteiger partial charge on any atom is -0.356 e. The van der Waals surface area contributed by atoms with E-state index in [0.29, 0.717) is 6.04 Å². The summed E-state index contributed by atoms with van der Waals surface area (Å²) in [7, 11) is 0. The van der Waals surface area contributed by atoms with Crippen LogP contribution in [-0.2, 0) is 0 Å². The standard InChI is InChI=1S/C22H39N5/c1-3-5-10-19(4-2)17-26-16-12-20(18-26)24-22-23-13-11-21(25-22)27-14-8-6-7-9-15-27/h11,13,19-20H,3-10,12,14-18H2,1-2H3,(H,23,24,25). The molecule has 0 bridgehead atoms. The molecule has 0 aliphatic carbocycles. The van der Waals surface area contributed by atoms with E-state index in [1.807, 2.05) is 6.20 Å². The predicted octanol–water partition coefficient (Wildman–Crippen LogP) is 4.56. The highest BCUT2D eigenvalue weighted by molar-refractivity contribution is 5.43. The summed E-state index contributed by atoms with van der Waals surface area (Å²) in [6.45, 7) is 10.5. The molecule has 1 aromatic rings. The first-order chi connectivity index (χ1) is 13.3. The van der Waals surface area contributed by atoms with Crippen LogP contribution in [0.25, 0.3) is 0 Å². The molecular formula is C22H39N5. The summed E-state index contributed by atoms with van der Waals surface area (Å²) in [5.41, 5.74) is 0. The fraction of sp³-hybridized carbons (Fsp3) is 0.818. The summed E-state index contributed by atoms with van der Waals surface area (Å²) in [6.07, 6.45) is 13.7. The first-order valence-electron chi connectivity index (χ1n) is 11.3. The van der Waals surface area contributed by atoms with E-state index in [2.05, 4.69) is 40.0 Å². The van der Waals surface area contributed by atoms with Gasteiger partial charge in [-0.2, -0.15) is 4.98 Å². The largest absolute Gasteiger partial charge is 0.356 e. The number of rotatable bonds is 9. The fourth-order valence-corrected chi connectivity index (χ4v) is 4.48. The first-order valence-corrected chi connectivity index (χ1v) is 11.3. The van der Waals surface area contributed by atoms with Crippen LogP contribution in [0.1, 0.15) is 71.6 Å². The van der Waals surface area contributed by atoms with Crippen molar-refractivity contribution in [3.05, 3.63) is 12.3 Å². The van der Waals surface area contributed by atoms with E-state index in [1.54, 1.807) is 0 Å². The average molecular weight is 374 g/mol. The van der Waals surface area contributed by atoms with Crippen LogP contribution in [0.15, 0.2) is 12.3 Å². The molecule has 152 valence electrons. The smallest absolute Gasteiger partial charge is 0.224 e. The third-order valence-electron chi connectivity index (χ3n) is 6.24. The number of anilines is 2. The second-order valence-electron chi connectivity index (χ2n) is 8.45. The molecule has 2 aliphatic heterocycles.